The Morgan fingerprint density at radius 2 is 1.94 bits per heavy atom. The first-order valence-electron chi connectivity index (χ1n) is 10.3. The largest absolute Gasteiger partial charge is 0.376 e. The number of imidazole rings is 1. The molecule has 2 aromatic heterocycles. The van der Waals surface area contributed by atoms with Crippen molar-refractivity contribution in [2.75, 3.05) is 6.61 Å². The van der Waals surface area contributed by atoms with E-state index < -0.39 is 16.7 Å². The van der Waals surface area contributed by atoms with E-state index in [0.29, 0.717) is 17.3 Å². The van der Waals surface area contributed by atoms with E-state index in [1.165, 1.54) is 20.0 Å². The van der Waals surface area contributed by atoms with Gasteiger partial charge in [0.05, 0.1) is 31.2 Å². The van der Waals surface area contributed by atoms with Gasteiger partial charge in [0.1, 0.15) is 0 Å². The number of nitrogens with zero attached hydrogens (tertiary/aromatic N) is 4. The topological polar surface area (TPSA) is 88.1 Å². The average molecular weight is 445 g/mol. The highest BCUT2D eigenvalue weighted by molar-refractivity contribution is 6.30. The third-order valence-electron chi connectivity index (χ3n) is 5.55. The summed E-state index contributed by atoms with van der Waals surface area (Å²) in [5, 5.41) is 0.530. The molecule has 0 saturated carbocycles. The average Bonchev–Trinajstić information content (AvgIpc) is 3.36. The standard InChI is InChI=1S/C22H25ClN4O4/c1-22(2,3)17(28)12-25-13-24-19-18(25)20(29)26(11-16-5-4-10-31-16)21(30)27(19)15-8-6-14(23)7-9-15/h6-9,13,16H,4-5,10-12H2,1-3H3. The van der Waals surface area contributed by atoms with E-state index in [1.807, 2.05) is 20.8 Å². The van der Waals surface area contributed by atoms with Crippen molar-refractivity contribution in [3.8, 4) is 5.69 Å². The number of hydrogen-bond donors (Lipinski definition) is 0. The summed E-state index contributed by atoms with van der Waals surface area (Å²) < 4.78 is 9.77. The summed E-state index contributed by atoms with van der Waals surface area (Å²) in [5.41, 5.74) is -0.582. The van der Waals surface area contributed by atoms with Gasteiger partial charge in [-0.3, -0.25) is 14.2 Å². The van der Waals surface area contributed by atoms with Crippen LogP contribution in [0.1, 0.15) is 33.6 Å². The van der Waals surface area contributed by atoms with Gasteiger partial charge in [-0.15, -0.1) is 0 Å². The third-order valence-corrected chi connectivity index (χ3v) is 5.80. The second-order valence-electron chi connectivity index (χ2n) is 8.86. The van der Waals surface area contributed by atoms with Gasteiger partial charge in [0.15, 0.2) is 16.9 Å². The van der Waals surface area contributed by atoms with Gasteiger partial charge in [0.25, 0.3) is 5.56 Å². The molecule has 31 heavy (non-hydrogen) atoms. The quantitative estimate of drug-likeness (QED) is 0.603. The second kappa shape index (κ2) is 8.09. The minimum Gasteiger partial charge on any atom is -0.376 e. The highest BCUT2D eigenvalue weighted by Crippen LogP contribution is 2.20. The van der Waals surface area contributed by atoms with Gasteiger partial charge in [0.2, 0.25) is 0 Å². The Morgan fingerprint density at radius 3 is 2.55 bits per heavy atom. The fraction of sp³-hybridized carbons (Fsp3) is 0.455. The number of carbonyl (C=O) groups excluding carboxylic acids is 1. The van der Waals surface area contributed by atoms with Crippen LogP contribution in [0.5, 0.6) is 0 Å². The molecule has 1 aliphatic heterocycles. The fourth-order valence-corrected chi connectivity index (χ4v) is 3.79. The summed E-state index contributed by atoms with van der Waals surface area (Å²) in [4.78, 5) is 43.8. The number of benzene rings is 1. The first-order valence-corrected chi connectivity index (χ1v) is 10.7. The van der Waals surface area contributed by atoms with Gasteiger partial charge in [-0.05, 0) is 37.1 Å². The van der Waals surface area contributed by atoms with Crippen molar-refractivity contribution in [3.63, 3.8) is 0 Å². The van der Waals surface area contributed by atoms with Crippen molar-refractivity contribution in [3.05, 3.63) is 56.5 Å². The maximum absolute atomic E-state index is 13.4. The molecule has 1 fully saturated rings. The molecule has 9 heteroatoms. The maximum Gasteiger partial charge on any atom is 0.337 e. The van der Waals surface area contributed by atoms with Crippen LogP contribution >= 0.6 is 11.6 Å². The molecule has 164 valence electrons. The van der Waals surface area contributed by atoms with Crippen molar-refractivity contribution in [1.29, 1.82) is 0 Å². The van der Waals surface area contributed by atoms with Crippen LogP contribution in [-0.4, -0.2) is 37.2 Å². The molecule has 0 amide bonds. The Hall–Kier alpha value is -2.71. The molecular weight excluding hydrogens is 420 g/mol. The van der Waals surface area contributed by atoms with Gasteiger partial charge < -0.3 is 9.30 Å². The van der Waals surface area contributed by atoms with Crippen molar-refractivity contribution in [2.24, 2.45) is 5.41 Å². The number of carbonyl (C=O) groups is 1. The van der Waals surface area contributed by atoms with Crippen LogP contribution in [0.4, 0.5) is 0 Å². The Balaban J connectivity index is 1.94. The highest BCUT2D eigenvalue weighted by atomic mass is 35.5. The number of aromatic nitrogens is 4. The number of ether oxygens (including phenoxy) is 1. The lowest BCUT2D eigenvalue weighted by molar-refractivity contribution is -0.126. The Bertz CT molecular complexity index is 1240. The predicted molar refractivity (Wildman–Crippen MR) is 118 cm³/mol. The molecule has 0 spiro atoms. The van der Waals surface area contributed by atoms with E-state index in [9.17, 15) is 14.4 Å². The summed E-state index contributed by atoms with van der Waals surface area (Å²) in [7, 11) is 0. The Kier molecular flexibility index (Phi) is 5.61. The van der Waals surface area contributed by atoms with Crippen LogP contribution in [0.2, 0.25) is 5.02 Å². The molecular formula is C22H25ClN4O4. The molecule has 1 saturated heterocycles. The highest BCUT2D eigenvalue weighted by Gasteiger charge is 2.26. The molecule has 0 radical (unpaired) electrons. The van der Waals surface area contributed by atoms with Crippen LogP contribution in [0.15, 0.2) is 40.2 Å². The van der Waals surface area contributed by atoms with E-state index in [4.69, 9.17) is 16.3 Å². The van der Waals surface area contributed by atoms with E-state index in [0.717, 1.165) is 12.8 Å². The molecule has 0 N–H and O–H groups in total. The van der Waals surface area contributed by atoms with E-state index in [1.54, 1.807) is 24.3 Å². The smallest absolute Gasteiger partial charge is 0.337 e. The minimum atomic E-state index is -0.572. The predicted octanol–water partition coefficient (Wildman–Crippen LogP) is 2.80. The number of ketones is 1. The number of fused-ring (bicyclic) bond motifs is 1. The lowest BCUT2D eigenvalue weighted by atomic mass is 9.91. The van der Waals surface area contributed by atoms with Crippen LogP contribution in [0.3, 0.4) is 0 Å². The maximum atomic E-state index is 13.4. The van der Waals surface area contributed by atoms with E-state index in [2.05, 4.69) is 4.98 Å². The first kappa shape index (κ1) is 21.5. The van der Waals surface area contributed by atoms with Crippen molar-refractivity contribution >= 4 is 28.5 Å². The van der Waals surface area contributed by atoms with Crippen molar-refractivity contribution < 1.29 is 9.53 Å². The van der Waals surface area contributed by atoms with Gasteiger partial charge in [-0.2, -0.15) is 0 Å². The zero-order valence-corrected chi connectivity index (χ0v) is 18.6. The Labute approximate surface area is 184 Å². The van der Waals surface area contributed by atoms with Gasteiger partial charge >= 0.3 is 5.69 Å². The molecule has 0 aliphatic carbocycles. The van der Waals surface area contributed by atoms with E-state index >= 15 is 0 Å². The molecule has 4 rings (SSSR count). The lowest BCUT2D eigenvalue weighted by Crippen LogP contribution is -2.42. The summed E-state index contributed by atoms with van der Waals surface area (Å²) in [6.07, 6.45) is 2.92. The number of rotatable bonds is 5. The molecule has 1 aromatic carbocycles. The minimum absolute atomic E-state index is 0.00596. The summed E-state index contributed by atoms with van der Waals surface area (Å²) in [6.45, 7) is 6.24. The van der Waals surface area contributed by atoms with Crippen molar-refractivity contribution in [1.82, 2.24) is 18.7 Å². The monoisotopic (exact) mass is 444 g/mol. The van der Waals surface area contributed by atoms with E-state index in [-0.39, 0.29) is 36.1 Å². The molecule has 1 aliphatic rings. The number of hydrogen-bond acceptors (Lipinski definition) is 5. The fourth-order valence-electron chi connectivity index (χ4n) is 3.67. The zero-order chi connectivity index (χ0) is 22.3. The molecule has 1 atom stereocenters. The zero-order valence-electron chi connectivity index (χ0n) is 17.8. The second-order valence-corrected chi connectivity index (χ2v) is 9.30. The Morgan fingerprint density at radius 1 is 1.23 bits per heavy atom. The van der Waals surface area contributed by atoms with Gasteiger partial charge in [-0.25, -0.2) is 14.3 Å². The summed E-state index contributed by atoms with van der Waals surface area (Å²) >= 11 is 6.01. The number of halogens is 1. The molecule has 8 nitrogen and oxygen atoms in total. The van der Waals surface area contributed by atoms with Crippen LogP contribution in [0.25, 0.3) is 16.9 Å². The number of Topliss-reactive ketones (excluding diaryl/α,β-unsaturated/α-hetero) is 1. The van der Waals surface area contributed by atoms with Crippen molar-refractivity contribution in [2.45, 2.75) is 52.8 Å². The van der Waals surface area contributed by atoms with Crippen LogP contribution in [0, 0.1) is 5.41 Å². The third kappa shape index (κ3) is 4.09. The first-order chi connectivity index (χ1) is 14.7. The molecule has 3 aromatic rings. The van der Waals surface area contributed by atoms with Crippen LogP contribution in [-0.2, 0) is 22.6 Å². The molecule has 0 bridgehead atoms. The normalized spacial score (nSPS) is 16.8. The van der Waals surface area contributed by atoms with Crippen LogP contribution < -0.4 is 11.2 Å². The summed E-state index contributed by atoms with van der Waals surface area (Å²) in [6, 6.07) is 6.74. The summed E-state index contributed by atoms with van der Waals surface area (Å²) in [5.74, 6) is -0.0406. The lowest BCUT2D eigenvalue weighted by Gasteiger charge is -2.18. The SMILES string of the molecule is CC(C)(C)C(=O)Cn1cnc2c1c(=O)n(CC1CCCO1)c(=O)n2-c1ccc(Cl)cc1. The van der Waals surface area contributed by atoms with Gasteiger partial charge in [0, 0.05) is 17.0 Å². The van der Waals surface area contributed by atoms with Gasteiger partial charge in [-0.1, -0.05) is 32.4 Å². The molecule has 1 unspecified atom stereocenters. The molecule has 3 heterocycles.